The van der Waals surface area contributed by atoms with Crippen molar-refractivity contribution in [2.24, 2.45) is 0 Å². The standard InChI is InChI=1S/C8H10Cl4O3/c9-5(10)1-3-7(13)15-8(14)4-2-6(11)12/h5-6H,1-4H2. The predicted octanol–water partition coefficient (Wildman–Crippen LogP) is 3.22. The molecule has 0 aromatic heterocycles. The molecule has 15 heavy (non-hydrogen) atoms. The Morgan fingerprint density at radius 1 is 0.867 bits per heavy atom. The van der Waals surface area contributed by atoms with Crippen LogP contribution in [-0.4, -0.2) is 21.6 Å². The van der Waals surface area contributed by atoms with Gasteiger partial charge in [0, 0.05) is 12.8 Å². The minimum atomic E-state index is -0.646. The van der Waals surface area contributed by atoms with Gasteiger partial charge in [0.1, 0.15) is 9.67 Å². The van der Waals surface area contributed by atoms with Crippen molar-refractivity contribution in [3.8, 4) is 0 Å². The van der Waals surface area contributed by atoms with Gasteiger partial charge in [0.05, 0.1) is 0 Å². The van der Waals surface area contributed by atoms with Crippen molar-refractivity contribution in [1.82, 2.24) is 0 Å². The molecule has 0 aliphatic carbocycles. The maximum absolute atomic E-state index is 11.0. The second kappa shape index (κ2) is 8.45. The lowest BCUT2D eigenvalue weighted by molar-refractivity contribution is -0.159. The average Bonchev–Trinajstić information content (AvgIpc) is 2.11. The van der Waals surface area contributed by atoms with Crippen LogP contribution in [0.3, 0.4) is 0 Å². The summed E-state index contributed by atoms with van der Waals surface area (Å²) in [5.74, 6) is -1.29. The van der Waals surface area contributed by atoms with Gasteiger partial charge in [0.15, 0.2) is 0 Å². The van der Waals surface area contributed by atoms with Crippen LogP contribution in [0.1, 0.15) is 25.7 Å². The Kier molecular flexibility index (Phi) is 8.62. The second-order valence-electron chi connectivity index (χ2n) is 2.71. The van der Waals surface area contributed by atoms with E-state index in [1.807, 2.05) is 0 Å². The third-order valence-corrected chi connectivity index (χ3v) is 2.23. The third kappa shape index (κ3) is 10.6. The van der Waals surface area contributed by atoms with E-state index in [1.54, 1.807) is 0 Å². The van der Waals surface area contributed by atoms with Crippen LogP contribution >= 0.6 is 46.4 Å². The molecule has 0 saturated heterocycles. The summed E-state index contributed by atoms with van der Waals surface area (Å²) in [6.07, 6.45) is 0.523. The lowest BCUT2D eigenvalue weighted by Crippen LogP contribution is -2.13. The van der Waals surface area contributed by atoms with E-state index in [1.165, 1.54) is 0 Å². The van der Waals surface area contributed by atoms with E-state index in [0.29, 0.717) is 0 Å². The summed E-state index contributed by atoms with van der Waals surface area (Å²) in [4.78, 5) is 20.7. The summed E-state index contributed by atoms with van der Waals surface area (Å²) < 4.78 is 4.44. The van der Waals surface area contributed by atoms with Gasteiger partial charge in [-0.2, -0.15) is 0 Å². The first-order valence-electron chi connectivity index (χ1n) is 4.21. The molecule has 0 rings (SSSR count). The molecule has 0 atom stereocenters. The predicted molar refractivity (Wildman–Crippen MR) is 60.6 cm³/mol. The number of ether oxygens (including phenoxy) is 1. The molecular formula is C8H10Cl4O3. The molecule has 0 aliphatic rings. The average molecular weight is 296 g/mol. The number of halogens is 4. The highest BCUT2D eigenvalue weighted by Crippen LogP contribution is 2.12. The van der Waals surface area contributed by atoms with Crippen LogP contribution in [0, 0.1) is 0 Å². The van der Waals surface area contributed by atoms with Crippen molar-refractivity contribution >= 4 is 58.3 Å². The van der Waals surface area contributed by atoms with E-state index in [-0.39, 0.29) is 25.7 Å². The Hall–Kier alpha value is 0.300. The Morgan fingerprint density at radius 2 is 1.20 bits per heavy atom. The molecule has 88 valence electrons. The summed E-state index contributed by atoms with van der Waals surface area (Å²) in [5, 5.41) is 0. The van der Waals surface area contributed by atoms with Gasteiger partial charge in [-0.3, -0.25) is 9.59 Å². The number of esters is 2. The lowest BCUT2D eigenvalue weighted by Gasteiger charge is -2.03. The smallest absolute Gasteiger partial charge is 0.313 e. The number of carbonyl (C=O) groups is 2. The molecule has 0 amide bonds. The minimum absolute atomic E-state index is 0.00852. The fourth-order valence-electron chi connectivity index (χ4n) is 0.683. The van der Waals surface area contributed by atoms with Crippen LogP contribution in [0.25, 0.3) is 0 Å². The first kappa shape index (κ1) is 15.3. The highest BCUT2D eigenvalue weighted by Gasteiger charge is 2.13. The van der Waals surface area contributed by atoms with Crippen molar-refractivity contribution < 1.29 is 14.3 Å². The molecule has 0 radical (unpaired) electrons. The molecule has 0 aromatic carbocycles. The van der Waals surface area contributed by atoms with E-state index in [2.05, 4.69) is 4.74 Å². The highest BCUT2D eigenvalue weighted by atomic mass is 35.5. The van der Waals surface area contributed by atoms with Gasteiger partial charge in [-0.1, -0.05) is 0 Å². The zero-order chi connectivity index (χ0) is 11.8. The molecule has 0 N–H and O–H groups in total. The van der Waals surface area contributed by atoms with Gasteiger partial charge in [-0.25, -0.2) is 0 Å². The summed E-state index contributed by atoms with van der Waals surface area (Å²) in [6.45, 7) is 0. The van der Waals surface area contributed by atoms with Crippen LogP contribution in [0.2, 0.25) is 0 Å². The molecule has 0 aromatic rings. The van der Waals surface area contributed by atoms with Crippen molar-refractivity contribution in [2.45, 2.75) is 35.4 Å². The van der Waals surface area contributed by atoms with Crippen molar-refractivity contribution in [3.63, 3.8) is 0 Å². The molecule has 0 saturated carbocycles. The Balaban J connectivity index is 3.63. The van der Waals surface area contributed by atoms with E-state index in [4.69, 9.17) is 46.4 Å². The highest BCUT2D eigenvalue weighted by molar-refractivity contribution is 6.44. The van der Waals surface area contributed by atoms with Crippen molar-refractivity contribution in [2.75, 3.05) is 0 Å². The fourth-order valence-corrected chi connectivity index (χ4v) is 1.12. The normalized spacial score (nSPS) is 10.8. The summed E-state index contributed by atoms with van der Waals surface area (Å²) in [6, 6.07) is 0. The van der Waals surface area contributed by atoms with Crippen molar-refractivity contribution in [1.29, 1.82) is 0 Å². The first-order valence-corrected chi connectivity index (χ1v) is 5.96. The molecule has 0 heterocycles. The third-order valence-electron chi connectivity index (χ3n) is 1.36. The van der Waals surface area contributed by atoms with Gasteiger partial charge in [0.2, 0.25) is 0 Å². The monoisotopic (exact) mass is 294 g/mol. The number of hydrogen-bond donors (Lipinski definition) is 0. The number of carbonyl (C=O) groups excluding carboxylic acids is 2. The zero-order valence-corrected chi connectivity index (χ0v) is 10.7. The first-order chi connectivity index (χ1) is 6.91. The molecule has 0 fully saturated rings. The molecular weight excluding hydrogens is 286 g/mol. The van der Waals surface area contributed by atoms with Crippen LogP contribution < -0.4 is 0 Å². The van der Waals surface area contributed by atoms with E-state index in [0.717, 1.165) is 0 Å². The summed E-state index contributed by atoms with van der Waals surface area (Å²) in [5.41, 5.74) is 0. The second-order valence-corrected chi connectivity index (χ2v) is 5.26. The molecule has 7 heteroatoms. The summed E-state index contributed by atoms with van der Waals surface area (Å²) in [7, 11) is 0. The fraction of sp³-hybridized carbons (Fsp3) is 0.750. The van der Waals surface area contributed by atoms with Crippen LogP contribution in [0.5, 0.6) is 0 Å². The molecule has 0 bridgehead atoms. The van der Waals surface area contributed by atoms with E-state index < -0.39 is 21.6 Å². The largest absolute Gasteiger partial charge is 0.393 e. The molecule has 3 nitrogen and oxygen atoms in total. The number of rotatable bonds is 6. The Labute approximate surface area is 108 Å². The van der Waals surface area contributed by atoms with Crippen LogP contribution in [0.15, 0.2) is 0 Å². The zero-order valence-electron chi connectivity index (χ0n) is 7.72. The van der Waals surface area contributed by atoms with Crippen LogP contribution in [0.4, 0.5) is 0 Å². The maximum Gasteiger partial charge on any atom is 0.313 e. The number of alkyl halides is 4. The van der Waals surface area contributed by atoms with E-state index in [9.17, 15) is 9.59 Å². The maximum atomic E-state index is 11.0. The molecule has 0 aliphatic heterocycles. The summed E-state index contributed by atoms with van der Waals surface area (Å²) >= 11 is 21.6. The molecule has 0 unspecified atom stereocenters. The van der Waals surface area contributed by atoms with E-state index >= 15 is 0 Å². The Bertz CT molecular complexity index is 196. The lowest BCUT2D eigenvalue weighted by atomic mass is 10.3. The SMILES string of the molecule is O=C(CCC(Cl)Cl)OC(=O)CCC(Cl)Cl. The van der Waals surface area contributed by atoms with Gasteiger partial charge in [0.25, 0.3) is 0 Å². The van der Waals surface area contributed by atoms with Gasteiger partial charge in [-0.05, 0) is 12.8 Å². The quantitative estimate of drug-likeness (QED) is 0.429. The molecule has 0 spiro atoms. The van der Waals surface area contributed by atoms with Crippen LogP contribution in [-0.2, 0) is 14.3 Å². The van der Waals surface area contributed by atoms with Gasteiger partial charge in [-0.15, -0.1) is 46.4 Å². The Morgan fingerprint density at radius 3 is 1.47 bits per heavy atom. The minimum Gasteiger partial charge on any atom is -0.393 e. The topological polar surface area (TPSA) is 43.4 Å². The van der Waals surface area contributed by atoms with Gasteiger partial charge >= 0.3 is 11.9 Å². The number of hydrogen-bond acceptors (Lipinski definition) is 3. The van der Waals surface area contributed by atoms with Crippen molar-refractivity contribution in [3.05, 3.63) is 0 Å². The van der Waals surface area contributed by atoms with Gasteiger partial charge < -0.3 is 4.74 Å².